The predicted octanol–water partition coefficient (Wildman–Crippen LogP) is 2.38. The third kappa shape index (κ3) is 2.66. The Balaban J connectivity index is 3.10. The highest BCUT2D eigenvalue weighted by molar-refractivity contribution is 5.28. The van der Waals surface area contributed by atoms with Crippen LogP contribution in [0.15, 0.2) is 24.3 Å². The first-order valence-electron chi connectivity index (χ1n) is 5.30. The van der Waals surface area contributed by atoms with Gasteiger partial charge in [0.05, 0.1) is 14.1 Å². The standard InChI is InChI=1S/C15H18N/c1-6-11-16(4,5)15(7-2)14-10-8-9-13(3)12-14/h1-2,8-10,12,15H,11H2,3-5H3/q+1. The lowest BCUT2D eigenvalue weighted by Gasteiger charge is -2.33. The monoisotopic (exact) mass is 212 g/mol. The molecule has 0 aliphatic heterocycles. The predicted molar refractivity (Wildman–Crippen MR) is 68.6 cm³/mol. The second-order valence-corrected chi connectivity index (χ2v) is 4.62. The van der Waals surface area contributed by atoms with Gasteiger partial charge in [-0.25, -0.2) is 0 Å². The minimum absolute atomic E-state index is 0.0101. The fourth-order valence-corrected chi connectivity index (χ4v) is 1.87. The molecule has 1 atom stereocenters. The van der Waals surface area contributed by atoms with Crippen LogP contribution in [0.3, 0.4) is 0 Å². The summed E-state index contributed by atoms with van der Waals surface area (Å²) in [6.45, 7) is 2.70. The minimum atomic E-state index is 0.0101. The van der Waals surface area contributed by atoms with E-state index in [1.165, 1.54) is 5.56 Å². The van der Waals surface area contributed by atoms with Crippen LogP contribution in [-0.4, -0.2) is 25.1 Å². The molecule has 0 aromatic heterocycles. The molecule has 82 valence electrons. The average molecular weight is 212 g/mol. The van der Waals surface area contributed by atoms with Gasteiger partial charge in [0, 0.05) is 5.56 Å². The maximum Gasteiger partial charge on any atom is 0.176 e. The second-order valence-electron chi connectivity index (χ2n) is 4.62. The number of nitrogens with zero attached hydrogens (tertiary/aromatic N) is 1. The van der Waals surface area contributed by atoms with Crippen LogP contribution in [0.4, 0.5) is 0 Å². The van der Waals surface area contributed by atoms with Gasteiger partial charge >= 0.3 is 0 Å². The van der Waals surface area contributed by atoms with Gasteiger partial charge in [-0.05, 0) is 24.8 Å². The number of aryl methyl sites for hydroxylation is 1. The average Bonchev–Trinajstić information content (AvgIpc) is 2.18. The number of benzene rings is 1. The zero-order valence-corrected chi connectivity index (χ0v) is 10.2. The van der Waals surface area contributed by atoms with Gasteiger partial charge in [0.2, 0.25) is 0 Å². The van der Waals surface area contributed by atoms with E-state index in [1.807, 2.05) is 6.07 Å². The van der Waals surface area contributed by atoms with E-state index in [-0.39, 0.29) is 6.04 Å². The Morgan fingerprint density at radius 2 is 2.00 bits per heavy atom. The molecule has 0 saturated heterocycles. The first kappa shape index (κ1) is 12.4. The second kappa shape index (κ2) is 4.88. The SMILES string of the molecule is C#CC[N+](C)(C)C(C#C)c1cccc(C)c1. The molecule has 0 bridgehead atoms. The zero-order chi connectivity index (χ0) is 12.2. The fraction of sp³-hybridized carbons (Fsp3) is 0.333. The van der Waals surface area contributed by atoms with Crippen molar-refractivity contribution in [3.8, 4) is 24.7 Å². The van der Waals surface area contributed by atoms with Crippen LogP contribution in [0, 0.1) is 31.6 Å². The summed E-state index contributed by atoms with van der Waals surface area (Å²) in [6, 6.07) is 8.30. The molecule has 1 heteroatoms. The van der Waals surface area contributed by atoms with E-state index in [0.29, 0.717) is 11.0 Å². The van der Waals surface area contributed by atoms with E-state index in [1.54, 1.807) is 0 Å². The third-order valence-electron chi connectivity index (χ3n) is 2.71. The lowest BCUT2D eigenvalue weighted by molar-refractivity contribution is -0.905. The van der Waals surface area contributed by atoms with Crippen molar-refractivity contribution in [1.29, 1.82) is 0 Å². The topological polar surface area (TPSA) is 0 Å². The van der Waals surface area contributed by atoms with Crippen LogP contribution in [0.2, 0.25) is 0 Å². The van der Waals surface area contributed by atoms with Crippen molar-refractivity contribution in [2.45, 2.75) is 13.0 Å². The van der Waals surface area contributed by atoms with E-state index in [2.05, 4.69) is 51.1 Å². The van der Waals surface area contributed by atoms with Crippen molar-refractivity contribution in [2.75, 3.05) is 20.6 Å². The van der Waals surface area contributed by atoms with Crippen LogP contribution in [-0.2, 0) is 0 Å². The molecule has 0 heterocycles. The van der Waals surface area contributed by atoms with Crippen LogP contribution in [0.5, 0.6) is 0 Å². The molecule has 0 saturated carbocycles. The van der Waals surface area contributed by atoms with Gasteiger partial charge in [0.1, 0.15) is 6.54 Å². The van der Waals surface area contributed by atoms with Crippen LogP contribution in [0.1, 0.15) is 17.2 Å². The summed E-state index contributed by atoms with van der Waals surface area (Å²) in [5.41, 5.74) is 2.38. The Hall–Kier alpha value is -1.70. The van der Waals surface area contributed by atoms with Gasteiger partial charge in [0.15, 0.2) is 6.04 Å². The quantitative estimate of drug-likeness (QED) is 0.533. The highest BCUT2D eigenvalue weighted by atomic mass is 15.3. The lowest BCUT2D eigenvalue weighted by Crippen LogP contribution is -2.42. The molecule has 0 N–H and O–H groups in total. The Morgan fingerprint density at radius 3 is 2.50 bits per heavy atom. The normalized spacial score (nSPS) is 12.6. The van der Waals surface area contributed by atoms with Crippen LogP contribution < -0.4 is 0 Å². The van der Waals surface area contributed by atoms with Gasteiger partial charge in [-0.15, -0.1) is 12.8 Å². The number of hydrogen-bond acceptors (Lipinski definition) is 0. The lowest BCUT2D eigenvalue weighted by atomic mass is 10.0. The summed E-state index contributed by atoms with van der Waals surface area (Å²) >= 11 is 0. The molecule has 1 aromatic rings. The van der Waals surface area contributed by atoms with E-state index in [0.717, 1.165) is 5.56 Å². The summed E-state index contributed by atoms with van der Waals surface area (Å²) in [6.07, 6.45) is 11.0. The summed E-state index contributed by atoms with van der Waals surface area (Å²) in [5, 5.41) is 0. The van der Waals surface area contributed by atoms with Gasteiger partial charge in [-0.1, -0.05) is 23.8 Å². The van der Waals surface area contributed by atoms with Crippen LogP contribution in [0.25, 0.3) is 0 Å². The van der Waals surface area contributed by atoms with Gasteiger partial charge in [-0.2, -0.15) is 0 Å². The highest BCUT2D eigenvalue weighted by Gasteiger charge is 2.27. The van der Waals surface area contributed by atoms with Crippen LogP contribution >= 0.6 is 0 Å². The van der Waals surface area contributed by atoms with Gasteiger partial charge in [0.25, 0.3) is 0 Å². The van der Waals surface area contributed by atoms with E-state index >= 15 is 0 Å². The highest BCUT2D eigenvalue weighted by Crippen LogP contribution is 2.24. The molecular weight excluding hydrogens is 194 g/mol. The molecule has 0 aliphatic carbocycles. The van der Waals surface area contributed by atoms with Crippen molar-refractivity contribution in [3.63, 3.8) is 0 Å². The number of rotatable bonds is 3. The largest absolute Gasteiger partial charge is 0.302 e. The van der Waals surface area contributed by atoms with Crippen molar-refractivity contribution in [3.05, 3.63) is 35.4 Å². The fourth-order valence-electron chi connectivity index (χ4n) is 1.87. The summed E-state index contributed by atoms with van der Waals surface area (Å²) in [5.74, 6) is 5.53. The molecule has 0 aliphatic rings. The molecular formula is C15H18N+. The Labute approximate surface area is 98.7 Å². The third-order valence-corrected chi connectivity index (χ3v) is 2.71. The molecule has 1 rings (SSSR count). The van der Waals surface area contributed by atoms with E-state index in [4.69, 9.17) is 12.8 Å². The molecule has 0 amide bonds. The number of quaternary nitrogens is 1. The molecule has 0 spiro atoms. The number of hydrogen-bond donors (Lipinski definition) is 0. The van der Waals surface area contributed by atoms with Crippen molar-refractivity contribution in [2.24, 2.45) is 0 Å². The maximum absolute atomic E-state index is 5.64. The minimum Gasteiger partial charge on any atom is -0.302 e. The van der Waals surface area contributed by atoms with E-state index in [9.17, 15) is 0 Å². The Morgan fingerprint density at radius 1 is 1.31 bits per heavy atom. The van der Waals surface area contributed by atoms with Crippen molar-refractivity contribution < 1.29 is 4.48 Å². The zero-order valence-electron chi connectivity index (χ0n) is 10.2. The Bertz CT molecular complexity index is 443. The van der Waals surface area contributed by atoms with Gasteiger partial charge in [-0.3, -0.25) is 0 Å². The molecule has 1 unspecified atom stereocenters. The summed E-state index contributed by atoms with van der Waals surface area (Å²) < 4.78 is 0.621. The number of terminal acetylenes is 2. The smallest absolute Gasteiger partial charge is 0.176 e. The van der Waals surface area contributed by atoms with Crippen molar-refractivity contribution >= 4 is 0 Å². The summed E-state index contributed by atoms with van der Waals surface area (Å²) in [4.78, 5) is 0. The summed E-state index contributed by atoms with van der Waals surface area (Å²) in [7, 11) is 4.12. The van der Waals surface area contributed by atoms with E-state index < -0.39 is 0 Å². The molecule has 16 heavy (non-hydrogen) atoms. The molecule has 0 radical (unpaired) electrons. The molecule has 0 fully saturated rings. The van der Waals surface area contributed by atoms with Crippen molar-refractivity contribution in [1.82, 2.24) is 0 Å². The maximum atomic E-state index is 5.64. The first-order chi connectivity index (χ1) is 7.51. The Kier molecular flexibility index (Phi) is 3.78. The van der Waals surface area contributed by atoms with Gasteiger partial charge < -0.3 is 4.48 Å². The molecule has 1 nitrogen and oxygen atoms in total. The first-order valence-corrected chi connectivity index (χ1v) is 5.30. The molecule has 1 aromatic carbocycles.